The Balaban J connectivity index is 4.29. The lowest BCUT2D eigenvalue weighted by Crippen LogP contribution is -2.10. The van der Waals surface area contributed by atoms with E-state index in [1.807, 2.05) is 0 Å². The van der Waals surface area contributed by atoms with E-state index >= 15 is 0 Å². The van der Waals surface area contributed by atoms with Gasteiger partial charge in [-0.05, 0) is 0 Å². The normalized spacial score (nSPS) is 11.2. The molecule has 0 atom stereocenters. The van der Waals surface area contributed by atoms with Crippen LogP contribution in [0.5, 0.6) is 0 Å². The molecule has 0 radical (unpaired) electrons. The molecular formula is C3H6O4S. The predicted molar refractivity (Wildman–Crippen MR) is 26.8 cm³/mol. The van der Waals surface area contributed by atoms with Gasteiger partial charge >= 0.3 is 10.1 Å². The highest BCUT2D eigenvalue weighted by Gasteiger charge is 2.13. The Morgan fingerprint density at radius 3 is 2.00 bits per heavy atom. The van der Waals surface area contributed by atoms with Gasteiger partial charge < -0.3 is 0 Å². The van der Waals surface area contributed by atoms with Crippen molar-refractivity contribution in [1.29, 1.82) is 0 Å². The Labute approximate surface area is 47.3 Å². The van der Waals surface area contributed by atoms with Crippen LogP contribution in [0.1, 0.15) is 13.3 Å². The number of carbonyl (C=O) groups excluding carboxylic acids is 1. The summed E-state index contributed by atoms with van der Waals surface area (Å²) in [6.07, 6.45) is -0.182. The van der Waals surface area contributed by atoms with Crippen molar-refractivity contribution in [1.82, 2.24) is 0 Å². The van der Waals surface area contributed by atoms with Crippen molar-refractivity contribution in [3.05, 3.63) is 0 Å². The third-order valence-electron chi connectivity index (χ3n) is 0.576. The molecule has 0 amide bonds. The monoisotopic (exact) mass is 138 g/mol. The lowest BCUT2D eigenvalue weighted by Gasteiger charge is -1.85. The van der Waals surface area contributed by atoms with Crippen molar-refractivity contribution in [3.63, 3.8) is 0 Å². The smallest absolute Gasteiger partial charge is 0.280 e. The molecule has 0 aromatic carbocycles. The molecule has 0 aromatic rings. The number of rotatable bonds is 1. The molecule has 0 aliphatic rings. The highest BCUT2D eigenvalue weighted by atomic mass is 32.2. The number of hydrogen-bond acceptors (Lipinski definition) is 3. The first kappa shape index (κ1) is 7.58. The fourth-order valence-corrected chi connectivity index (χ4v) is 0.547. The Morgan fingerprint density at radius 1 is 1.62 bits per heavy atom. The lowest BCUT2D eigenvalue weighted by molar-refractivity contribution is -0.112. The molecule has 0 rings (SSSR count). The Bertz CT molecular complexity index is 177. The molecule has 0 fully saturated rings. The van der Waals surface area contributed by atoms with Gasteiger partial charge in [0, 0.05) is 6.42 Å². The zero-order chi connectivity index (χ0) is 6.78. The Hall–Kier alpha value is -0.420. The van der Waals surface area contributed by atoms with Gasteiger partial charge in [-0.3, -0.25) is 9.35 Å². The minimum Gasteiger partial charge on any atom is -0.280 e. The highest BCUT2D eigenvalue weighted by Crippen LogP contribution is 1.88. The van der Waals surface area contributed by atoms with Crippen LogP contribution in [0.2, 0.25) is 0 Å². The van der Waals surface area contributed by atoms with Crippen LogP contribution in [0.3, 0.4) is 0 Å². The molecule has 0 aliphatic carbocycles. The lowest BCUT2D eigenvalue weighted by atomic mass is 10.6. The molecule has 0 aromatic heterocycles. The summed E-state index contributed by atoms with van der Waals surface area (Å²) in [5.74, 6) is 0. The fraction of sp³-hybridized carbons (Fsp3) is 0.667. The van der Waals surface area contributed by atoms with Gasteiger partial charge in [0.25, 0.3) is 5.12 Å². The first-order chi connectivity index (χ1) is 3.48. The zero-order valence-electron chi connectivity index (χ0n) is 4.29. The van der Waals surface area contributed by atoms with E-state index < -0.39 is 15.2 Å². The molecule has 0 saturated carbocycles. The van der Waals surface area contributed by atoms with E-state index in [0.717, 1.165) is 0 Å². The fourth-order valence-electron chi connectivity index (χ4n) is 0.182. The van der Waals surface area contributed by atoms with Crippen molar-refractivity contribution in [3.8, 4) is 0 Å². The second kappa shape index (κ2) is 2.23. The maximum Gasteiger partial charge on any atom is 0.328 e. The van der Waals surface area contributed by atoms with Gasteiger partial charge in [-0.1, -0.05) is 6.92 Å². The topological polar surface area (TPSA) is 71.4 Å². The molecule has 0 aliphatic heterocycles. The molecule has 0 unspecified atom stereocenters. The van der Waals surface area contributed by atoms with E-state index in [1.165, 1.54) is 6.92 Å². The van der Waals surface area contributed by atoms with Gasteiger partial charge in [0.05, 0.1) is 0 Å². The van der Waals surface area contributed by atoms with Crippen molar-refractivity contribution < 1.29 is 17.8 Å². The summed E-state index contributed by atoms with van der Waals surface area (Å²) in [5, 5.41) is -1.14. The second-order valence-electron chi connectivity index (χ2n) is 1.20. The first-order valence-corrected chi connectivity index (χ1v) is 3.42. The van der Waals surface area contributed by atoms with Crippen molar-refractivity contribution >= 4 is 15.2 Å². The molecule has 8 heavy (non-hydrogen) atoms. The van der Waals surface area contributed by atoms with Crippen LogP contribution < -0.4 is 0 Å². The molecule has 5 heteroatoms. The standard InChI is InChI=1S/C3H6O4S/c1-2-3(4)8(5,6)7/h2H2,1H3,(H,5,6,7). The zero-order valence-corrected chi connectivity index (χ0v) is 5.10. The van der Waals surface area contributed by atoms with Gasteiger partial charge in [-0.2, -0.15) is 8.42 Å². The second-order valence-corrected chi connectivity index (χ2v) is 2.61. The number of hydrogen-bond donors (Lipinski definition) is 1. The van der Waals surface area contributed by atoms with Gasteiger partial charge in [0.15, 0.2) is 0 Å². The van der Waals surface area contributed by atoms with E-state index in [2.05, 4.69) is 0 Å². The summed E-state index contributed by atoms with van der Waals surface area (Å²) in [5.41, 5.74) is 0. The molecule has 0 spiro atoms. The van der Waals surface area contributed by atoms with Crippen molar-refractivity contribution in [2.24, 2.45) is 0 Å². The van der Waals surface area contributed by atoms with E-state index in [9.17, 15) is 13.2 Å². The molecular weight excluding hydrogens is 132 g/mol. The average Bonchev–Trinajstić information content (AvgIpc) is 1.62. The summed E-state index contributed by atoms with van der Waals surface area (Å²) in [6.45, 7) is 1.36. The van der Waals surface area contributed by atoms with Gasteiger partial charge in [-0.15, -0.1) is 0 Å². The predicted octanol–water partition coefficient (Wildman–Crippen LogP) is -0.189. The van der Waals surface area contributed by atoms with Crippen LogP contribution in [0.25, 0.3) is 0 Å². The number of carbonyl (C=O) groups is 1. The molecule has 1 N–H and O–H groups in total. The van der Waals surface area contributed by atoms with Crippen LogP contribution in [0.15, 0.2) is 0 Å². The SMILES string of the molecule is CCC(=O)S(=O)(=O)O. The van der Waals surface area contributed by atoms with Crippen LogP contribution >= 0.6 is 0 Å². The minimum atomic E-state index is -4.39. The molecule has 48 valence electrons. The quantitative estimate of drug-likeness (QED) is 0.510. The molecule has 4 nitrogen and oxygen atoms in total. The van der Waals surface area contributed by atoms with Crippen LogP contribution in [0, 0.1) is 0 Å². The highest BCUT2D eigenvalue weighted by molar-refractivity contribution is 8.01. The van der Waals surface area contributed by atoms with Crippen LogP contribution in [0.4, 0.5) is 0 Å². The summed E-state index contributed by atoms with van der Waals surface area (Å²) in [4.78, 5) is 10.00. The van der Waals surface area contributed by atoms with E-state index in [1.54, 1.807) is 0 Å². The molecule has 0 heterocycles. The van der Waals surface area contributed by atoms with Crippen LogP contribution in [-0.2, 0) is 14.9 Å². The third kappa shape index (κ3) is 2.04. The van der Waals surface area contributed by atoms with Gasteiger partial charge in [-0.25, -0.2) is 0 Å². The van der Waals surface area contributed by atoms with Crippen molar-refractivity contribution in [2.45, 2.75) is 13.3 Å². The third-order valence-corrected chi connectivity index (χ3v) is 1.44. The summed E-state index contributed by atoms with van der Waals surface area (Å²) in [7, 11) is -4.39. The Kier molecular flexibility index (Phi) is 2.12. The molecule has 0 bridgehead atoms. The summed E-state index contributed by atoms with van der Waals surface area (Å²) < 4.78 is 27.4. The van der Waals surface area contributed by atoms with Gasteiger partial charge in [0.1, 0.15) is 0 Å². The van der Waals surface area contributed by atoms with E-state index in [4.69, 9.17) is 4.55 Å². The largest absolute Gasteiger partial charge is 0.328 e. The van der Waals surface area contributed by atoms with E-state index in [-0.39, 0.29) is 6.42 Å². The van der Waals surface area contributed by atoms with Crippen LogP contribution in [-0.4, -0.2) is 18.1 Å². The van der Waals surface area contributed by atoms with E-state index in [0.29, 0.717) is 0 Å². The van der Waals surface area contributed by atoms with Gasteiger partial charge in [0.2, 0.25) is 0 Å². The first-order valence-electron chi connectivity index (χ1n) is 1.98. The van der Waals surface area contributed by atoms with Crippen molar-refractivity contribution in [2.75, 3.05) is 0 Å². The summed E-state index contributed by atoms with van der Waals surface area (Å²) in [6, 6.07) is 0. The Morgan fingerprint density at radius 2 is 2.00 bits per heavy atom. The maximum atomic E-state index is 10.00. The maximum absolute atomic E-state index is 10.00. The average molecular weight is 138 g/mol. The minimum absolute atomic E-state index is 0.182. The summed E-state index contributed by atoms with van der Waals surface area (Å²) >= 11 is 0. The molecule has 0 saturated heterocycles.